The number of benzene rings is 2. The molecule has 3 N–H and O–H groups in total. The van der Waals surface area contributed by atoms with Gasteiger partial charge in [-0.3, -0.25) is 4.79 Å². The average molecular weight is 530 g/mol. The topological polar surface area (TPSA) is 88.0 Å². The van der Waals surface area contributed by atoms with Gasteiger partial charge in [-0.1, -0.05) is 23.7 Å². The zero-order valence-electron chi connectivity index (χ0n) is 20.9. The second kappa shape index (κ2) is 9.62. The zero-order chi connectivity index (χ0) is 25.8. The summed E-state index contributed by atoms with van der Waals surface area (Å²) >= 11 is 8.35. The number of halogens is 1. The largest absolute Gasteiger partial charge is 0.488 e. The maximum absolute atomic E-state index is 11.6. The third-order valence-electron chi connectivity index (χ3n) is 7.24. The fraction of sp³-hybridized carbons (Fsp3) is 0.464. The number of hydrogen-bond acceptors (Lipinski definition) is 6. The van der Waals surface area contributed by atoms with Crippen molar-refractivity contribution in [3.05, 3.63) is 63.0 Å². The number of aliphatic hydroxyl groups is 1. The van der Waals surface area contributed by atoms with E-state index in [1.54, 1.807) is 11.3 Å². The number of carboxylic acids is 1. The molecule has 2 heterocycles. The number of hydrogen-bond donors (Lipinski definition) is 3. The molecule has 1 aromatic heterocycles. The molecule has 6 nitrogen and oxygen atoms in total. The van der Waals surface area contributed by atoms with Crippen molar-refractivity contribution < 1.29 is 24.5 Å². The van der Waals surface area contributed by atoms with E-state index in [0.717, 1.165) is 28.9 Å². The van der Waals surface area contributed by atoms with Gasteiger partial charge >= 0.3 is 5.97 Å². The van der Waals surface area contributed by atoms with E-state index in [-0.39, 0.29) is 24.2 Å². The highest BCUT2D eigenvalue weighted by atomic mass is 35.5. The van der Waals surface area contributed by atoms with Crippen LogP contribution < -0.4 is 10.1 Å². The second-order valence-corrected chi connectivity index (χ2v) is 12.0. The molecule has 2 aliphatic rings. The van der Waals surface area contributed by atoms with Gasteiger partial charge in [-0.25, -0.2) is 0 Å². The SMILES string of the molecule is Cc1cc(Cl)c([C@@H](C)OC[C@H](O)CNC(C)(C)Cc2ccc3sccc3c2)c2c1O[C@@H]1[C@@H](C(=O)O)[C@H]21. The predicted octanol–water partition coefficient (Wildman–Crippen LogP) is 5.47. The van der Waals surface area contributed by atoms with Crippen molar-refractivity contribution in [2.45, 2.75) is 63.9 Å². The van der Waals surface area contributed by atoms with Crippen molar-refractivity contribution in [3.63, 3.8) is 0 Å². The predicted molar refractivity (Wildman–Crippen MR) is 142 cm³/mol. The molecule has 192 valence electrons. The number of rotatable bonds is 10. The fourth-order valence-corrected chi connectivity index (χ4v) is 6.58. The normalized spacial score (nSPS) is 22.1. The summed E-state index contributed by atoms with van der Waals surface area (Å²) in [5.41, 5.74) is 3.55. The van der Waals surface area contributed by atoms with Crippen LogP contribution in [0.1, 0.15) is 55.0 Å². The lowest BCUT2D eigenvalue weighted by atomic mass is 9.94. The molecule has 5 rings (SSSR count). The number of β-amino-alcohol motifs (C(OH)–C–C–N with tert-alkyl or cyclic N) is 1. The van der Waals surface area contributed by atoms with E-state index in [9.17, 15) is 15.0 Å². The highest BCUT2D eigenvalue weighted by Crippen LogP contribution is 2.62. The number of aryl methyl sites for hydroxylation is 1. The molecule has 2 aromatic carbocycles. The maximum atomic E-state index is 11.6. The molecule has 0 saturated heterocycles. The standard InChI is InChI=1S/C28H32ClNO5S/c1-14-9-19(29)21(22-23-24(27(32)33)26(23)35-25(14)22)15(2)34-13-18(31)12-30-28(3,4)11-16-5-6-20-17(10-16)7-8-36-20/h5-10,15,18,23-24,26,30-31H,11-13H2,1-4H3,(H,32,33)/t15-,18-,23+,24+,26+/m1/s1. The van der Waals surface area contributed by atoms with E-state index >= 15 is 0 Å². The van der Waals surface area contributed by atoms with Crippen LogP contribution in [0.2, 0.25) is 5.02 Å². The van der Waals surface area contributed by atoms with Crippen molar-refractivity contribution in [3.8, 4) is 5.75 Å². The summed E-state index contributed by atoms with van der Waals surface area (Å²) in [7, 11) is 0. The molecule has 36 heavy (non-hydrogen) atoms. The summed E-state index contributed by atoms with van der Waals surface area (Å²) in [6.07, 6.45) is -0.622. The van der Waals surface area contributed by atoms with Crippen molar-refractivity contribution >= 4 is 39.0 Å². The number of fused-ring (bicyclic) bond motifs is 4. The Morgan fingerprint density at radius 3 is 2.83 bits per heavy atom. The van der Waals surface area contributed by atoms with Gasteiger partial charge in [0.25, 0.3) is 0 Å². The Morgan fingerprint density at radius 1 is 1.31 bits per heavy atom. The van der Waals surface area contributed by atoms with Crippen LogP contribution in [0.25, 0.3) is 10.1 Å². The van der Waals surface area contributed by atoms with Crippen LogP contribution in [0.15, 0.2) is 35.7 Å². The smallest absolute Gasteiger partial charge is 0.311 e. The zero-order valence-corrected chi connectivity index (χ0v) is 22.4. The Kier molecular flexibility index (Phi) is 6.81. The highest BCUT2D eigenvalue weighted by molar-refractivity contribution is 7.17. The van der Waals surface area contributed by atoms with Gasteiger partial charge in [-0.2, -0.15) is 0 Å². The Hall–Kier alpha value is -2.16. The minimum absolute atomic E-state index is 0.126. The number of ether oxygens (including phenoxy) is 2. The van der Waals surface area contributed by atoms with Crippen molar-refractivity contribution in [1.82, 2.24) is 5.32 Å². The third kappa shape index (κ3) is 4.87. The summed E-state index contributed by atoms with van der Waals surface area (Å²) < 4.78 is 13.3. The van der Waals surface area contributed by atoms with Gasteiger partial charge in [0.1, 0.15) is 17.8 Å². The van der Waals surface area contributed by atoms with Crippen LogP contribution in [0.4, 0.5) is 0 Å². The second-order valence-electron chi connectivity index (χ2n) is 10.7. The Labute approximate surface area is 220 Å². The van der Waals surface area contributed by atoms with E-state index in [2.05, 4.69) is 48.8 Å². The number of carbonyl (C=O) groups is 1. The molecule has 0 bridgehead atoms. The molecule has 3 aromatic rings. The minimum Gasteiger partial charge on any atom is -0.488 e. The first kappa shape index (κ1) is 25.5. The molecule has 1 saturated carbocycles. The summed E-state index contributed by atoms with van der Waals surface area (Å²) in [5, 5.41) is 27.5. The first-order chi connectivity index (χ1) is 17.1. The number of thiophene rings is 1. The van der Waals surface area contributed by atoms with E-state index in [1.807, 2.05) is 19.9 Å². The molecule has 5 atom stereocenters. The minimum atomic E-state index is -0.854. The fourth-order valence-electron chi connectivity index (χ4n) is 5.39. The van der Waals surface area contributed by atoms with Crippen LogP contribution in [0.3, 0.4) is 0 Å². The van der Waals surface area contributed by atoms with E-state index in [1.165, 1.54) is 15.6 Å². The van der Waals surface area contributed by atoms with Gasteiger partial charge in [0.05, 0.1) is 18.8 Å². The van der Waals surface area contributed by atoms with Gasteiger partial charge in [0, 0.05) is 38.9 Å². The van der Waals surface area contributed by atoms with Crippen LogP contribution in [0.5, 0.6) is 5.75 Å². The maximum Gasteiger partial charge on any atom is 0.311 e. The van der Waals surface area contributed by atoms with Crippen molar-refractivity contribution in [2.24, 2.45) is 5.92 Å². The molecule has 0 amide bonds. The highest BCUT2D eigenvalue weighted by Gasteiger charge is 2.64. The summed E-state index contributed by atoms with van der Waals surface area (Å²) in [4.78, 5) is 11.6. The quantitative estimate of drug-likeness (QED) is 0.323. The number of nitrogens with one attached hydrogen (secondary N) is 1. The monoisotopic (exact) mass is 529 g/mol. The van der Waals surface area contributed by atoms with Crippen LogP contribution >= 0.6 is 22.9 Å². The van der Waals surface area contributed by atoms with Crippen LogP contribution in [0, 0.1) is 12.8 Å². The third-order valence-corrected chi connectivity index (χ3v) is 8.45. The summed E-state index contributed by atoms with van der Waals surface area (Å²) in [6, 6.07) is 10.5. The molecule has 1 aliphatic heterocycles. The van der Waals surface area contributed by atoms with Gasteiger partial charge in [0.2, 0.25) is 0 Å². The first-order valence-corrected chi connectivity index (χ1v) is 13.5. The van der Waals surface area contributed by atoms with Crippen LogP contribution in [-0.2, 0) is 16.0 Å². The van der Waals surface area contributed by atoms with Gasteiger partial charge in [-0.15, -0.1) is 11.3 Å². The Bertz CT molecular complexity index is 1300. The lowest BCUT2D eigenvalue weighted by Crippen LogP contribution is -2.46. The van der Waals surface area contributed by atoms with Crippen LogP contribution in [-0.4, -0.2) is 47.1 Å². The van der Waals surface area contributed by atoms with E-state index in [4.69, 9.17) is 21.1 Å². The molecule has 8 heteroatoms. The van der Waals surface area contributed by atoms with Gasteiger partial charge in [-0.05, 0) is 74.2 Å². The molecular weight excluding hydrogens is 498 g/mol. The number of aliphatic carboxylic acids is 1. The summed E-state index contributed by atoms with van der Waals surface area (Å²) in [5.74, 6) is -0.871. The average Bonchev–Trinajstić information content (AvgIpc) is 3.11. The first-order valence-electron chi connectivity index (χ1n) is 12.3. The summed E-state index contributed by atoms with van der Waals surface area (Å²) in [6.45, 7) is 8.56. The van der Waals surface area contributed by atoms with Crippen molar-refractivity contribution in [1.29, 1.82) is 0 Å². The van der Waals surface area contributed by atoms with E-state index < -0.39 is 24.1 Å². The van der Waals surface area contributed by atoms with Crippen molar-refractivity contribution in [2.75, 3.05) is 13.2 Å². The van der Waals surface area contributed by atoms with Gasteiger partial charge in [0.15, 0.2) is 0 Å². The van der Waals surface area contributed by atoms with Gasteiger partial charge < -0.3 is 25.0 Å². The molecular formula is C28H32ClNO5S. The number of aliphatic hydroxyl groups excluding tert-OH is 1. The number of carboxylic acid groups (broad SMARTS) is 1. The lowest BCUT2D eigenvalue weighted by molar-refractivity contribution is -0.139. The molecule has 0 unspecified atom stereocenters. The molecule has 0 spiro atoms. The Balaban J connectivity index is 1.18. The molecule has 1 fully saturated rings. The molecule has 0 radical (unpaired) electrons. The molecule has 1 aliphatic carbocycles. The Morgan fingerprint density at radius 2 is 2.08 bits per heavy atom. The van der Waals surface area contributed by atoms with E-state index in [0.29, 0.717) is 11.6 Å². The lowest BCUT2D eigenvalue weighted by Gasteiger charge is -2.28.